The third-order valence-corrected chi connectivity index (χ3v) is 5.03. The number of sulfonamides is 1. The van der Waals surface area contributed by atoms with Crippen molar-refractivity contribution in [3.8, 4) is 0 Å². The molecule has 17 heavy (non-hydrogen) atoms. The van der Waals surface area contributed by atoms with E-state index in [4.69, 9.17) is 16.3 Å². The lowest BCUT2D eigenvalue weighted by molar-refractivity contribution is 0.110. The van der Waals surface area contributed by atoms with E-state index in [9.17, 15) is 8.42 Å². The van der Waals surface area contributed by atoms with Gasteiger partial charge in [-0.1, -0.05) is 18.5 Å². The summed E-state index contributed by atoms with van der Waals surface area (Å²) in [5.41, 5.74) is 0. The standard InChI is InChI=1S/C10H16ClNO3S2/c1-3-6-17(13,14)12-7-8(15-2)9-4-5-10(11)16-9/h4-5,8,12H,3,6-7H2,1-2H3/t8-/m1/s1. The molecule has 0 spiro atoms. The van der Waals surface area contributed by atoms with Gasteiger partial charge in [0.2, 0.25) is 10.0 Å². The van der Waals surface area contributed by atoms with Crippen LogP contribution in [0, 0.1) is 0 Å². The molecule has 0 radical (unpaired) electrons. The van der Waals surface area contributed by atoms with Gasteiger partial charge in [0.05, 0.1) is 10.1 Å². The SMILES string of the molecule is CCCS(=O)(=O)NC[C@@H](OC)c1ccc(Cl)s1. The average molecular weight is 298 g/mol. The van der Waals surface area contributed by atoms with Gasteiger partial charge in [0, 0.05) is 18.5 Å². The highest BCUT2D eigenvalue weighted by Crippen LogP contribution is 2.28. The van der Waals surface area contributed by atoms with Crippen molar-refractivity contribution < 1.29 is 13.2 Å². The Bertz CT molecular complexity index is 444. The van der Waals surface area contributed by atoms with Crippen LogP contribution in [-0.2, 0) is 14.8 Å². The quantitative estimate of drug-likeness (QED) is 0.841. The predicted molar refractivity (Wildman–Crippen MR) is 71.2 cm³/mol. The number of rotatable bonds is 7. The van der Waals surface area contributed by atoms with Crippen molar-refractivity contribution >= 4 is 33.0 Å². The van der Waals surface area contributed by atoms with E-state index in [-0.39, 0.29) is 18.4 Å². The van der Waals surface area contributed by atoms with E-state index in [2.05, 4.69) is 4.72 Å². The molecule has 0 unspecified atom stereocenters. The van der Waals surface area contributed by atoms with Crippen LogP contribution in [0.1, 0.15) is 24.3 Å². The first-order valence-electron chi connectivity index (χ1n) is 5.24. The molecule has 1 N–H and O–H groups in total. The number of hydrogen-bond donors (Lipinski definition) is 1. The lowest BCUT2D eigenvalue weighted by Gasteiger charge is -2.14. The number of thiophene rings is 1. The summed E-state index contributed by atoms with van der Waals surface area (Å²) in [5.74, 6) is 0.134. The van der Waals surface area contributed by atoms with Gasteiger partial charge < -0.3 is 4.74 Å². The minimum Gasteiger partial charge on any atom is -0.375 e. The molecule has 0 bridgehead atoms. The zero-order valence-electron chi connectivity index (χ0n) is 9.77. The van der Waals surface area contributed by atoms with Crippen LogP contribution in [0.15, 0.2) is 12.1 Å². The van der Waals surface area contributed by atoms with Gasteiger partial charge in [-0.15, -0.1) is 11.3 Å². The lowest BCUT2D eigenvalue weighted by atomic mass is 10.3. The highest BCUT2D eigenvalue weighted by atomic mass is 35.5. The molecule has 1 aromatic heterocycles. The minimum absolute atomic E-state index is 0.134. The first-order valence-corrected chi connectivity index (χ1v) is 8.08. The van der Waals surface area contributed by atoms with Gasteiger partial charge in [-0.3, -0.25) is 0 Å². The Balaban J connectivity index is 2.60. The van der Waals surface area contributed by atoms with E-state index in [0.717, 1.165) is 4.88 Å². The van der Waals surface area contributed by atoms with Crippen LogP contribution in [0.2, 0.25) is 4.34 Å². The highest BCUT2D eigenvalue weighted by Gasteiger charge is 2.16. The van der Waals surface area contributed by atoms with Crippen LogP contribution in [-0.4, -0.2) is 27.8 Å². The van der Waals surface area contributed by atoms with E-state index in [1.165, 1.54) is 11.3 Å². The lowest BCUT2D eigenvalue weighted by Crippen LogP contribution is -2.30. The van der Waals surface area contributed by atoms with Crippen LogP contribution in [0.4, 0.5) is 0 Å². The molecule has 1 heterocycles. The van der Waals surface area contributed by atoms with Crippen molar-refractivity contribution in [1.82, 2.24) is 4.72 Å². The summed E-state index contributed by atoms with van der Waals surface area (Å²) in [4.78, 5) is 0.914. The third kappa shape index (κ3) is 4.93. The number of halogens is 1. The first kappa shape index (κ1) is 14.9. The maximum absolute atomic E-state index is 11.5. The molecule has 7 heteroatoms. The van der Waals surface area contributed by atoms with Gasteiger partial charge in [-0.2, -0.15) is 0 Å². The van der Waals surface area contributed by atoms with Crippen LogP contribution in [0.3, 0.4) is 0 Å². The summed E-state index contributed by atoms with van der Waals surface area (Å²) in [6.45, 7) is 2.06. The van der Waals surface area contributed by atoms with Crippen LogP contribution in [0.5, 0.6) is 0 Å². The molecular formula is C10H16ClNO3S2. The van der Waals surface area contributed by atoms with E-state index >= 15 is 0 Å². The second-order valence-corrected chi connectivity index (χ2v) is 7.21. The van der Waals surface area contributed by atoms with Gasteiger partial charge in [0.25, 0.3) is 0 Å². The van der Waals surface area contributed by atoms with E-state index in [0.29, 0.717) is 10.8 Å². The Morgan fingerprint density at radius 2 is 2.24 bits per heavy atom. The fourth-order valence-corrected chi connectivity index (χ4v) is 3.57. The van der Waals surface area contributed by atoms with Crippen LogP contribution in [0.25, 0.3) is 0 Å². The van der Waals surface area contributed by atoms with Crippen molar-refractivity contribution in [1.29, 1.82) is 0 Å². The maximum Gasteiger partial charge on any atom is 0.211 e. The van der Waals surface area contributed by atoms with Crippen molar-refractivity contribution in [2.24, 2.45) is 0 Å². The molecular weight excluding hydrogens is 282 g/mol. The molecule has 0 aliphatic rings. The summed E-state index contributed by atoms with van der Waals surface area (Å²) in [5, 5.41) is 0. The van der Waals surface area contributed by atoms with E-state index < -0.39 is 10.0 Å². The zero-order valence-corrected chi connectivity index (χ0v) is 12.2. The molecule has 0 aliphatic heterocycles. The monoisotopic (exact) mass is 297 g/mol. The maximum atomic E-state index is 11.5. The Kier molecular flexibility index (Phi) is 5.88. The number of ether oxygens (including phenoxy) is 1. The Labute approximate surface area is 111 Å². The topological polar surface area (TPSA) is 55.4 Å². The fourth-order valence-electron chi connectivity index (χ4n) is 1.34. The van der Waals surface area contributed by atoms with E-state index in [1.54, 1.807) is 13.2 Å². The zero-order chi connectivity index (χ0) is 12.9. The molecule has 98 valence electrons. The molecule has 0 aliphatic carbocycles. The summed E-state index contributed by atoms with van der Waals surface area (Å²) in [7, 11) is -1.65. The second-order valence-electron chi connectivity index (χ2n) is 3.53. The Morgan fingerprint density at radius 3 is 2.71 bits per heavy atom. The average Bonchev–Trinajstić information content (AvgIpc) is 2.65. The van der Waals surface area contributed by atoms with Crippen molar-refractivity contribution in [3.63, 3.8) is 0 Å². The van der Waals surface area contributed by atoms with E-state index in [1.807, 2.05) is 13.0 Å². The van der Waals surface area contributed by atoms with Gasteiger partial charge in [0.15, 0.2) is 0 Å². The number of methoxy groups -OCH3 is 1. The molecule has 0 fully saturated rings. The van der Waals surface area contributed by atoms with Gasteiger partial charge >= 0.3 is 0 Å². The second kappa shape index (κ2) is 6.70. The molecule has 4 nitrogen and oxygen atoms in total. The molecule has 0 aromatic carbocycles. The van der Waals surface area contributed by atoms with Crippen molar-refractivity contribution in [2.45, 2.75) is 19.4 Å². The fraction of sp³-hybridized carbons (Fsp3) is 0.600. The summed E-state index contributed by atoms with van der Waals surface area (Å²) in [6, 6.07) is 3.61. The van der Waals surface area contributed by atoms with Gasteiger partial charge in [0.1, 0.15) is 6.10 Å². The first-order chi connectivity index (χ1) is 7.98. The summed E-state index contributed by atoms with van der Waals surface area (Å²) >= 11 is 7.22. The molecule has 1 aromatic rings. The number of hydrogen-bond acceptors (Lipinski definition) is 4. The minimum atomic E-state index is -3.20. The predicted octanol–water partition coefficient (Wildman–Crippen LogP) is 2.42. The molecule has 0 amide bonds. The molecule has 0 saturated heterocycles. The summed E-state index contributed by atoms with van der Waals surface area (Å²) in [6.07, 6.45) is 0.303. The Hall–Kier alpha value is -0.140. The molecule has 1 atom stereocenters. The Morgan fingerprint density at radius 1 is 1.53 bits per heavy atom. The molecule has 0 saturated carbocycles. The highest BCUT2D eigenvalue weighted by molar-refractivity contribution is 7.89. The number of nitrogens with one attached hydrogen (secondary N) is 1. The largest absolute Gasteiger partial charge is 0.375 e. The van der Waals surface area contributed by atoms with Crippen molar-refractivity contribution in [2.75, 3.05) is 19.4 Å². The van der Waals surface area contributed by atoms with Crippen molar-refractivity contribution in [3.05, 3.63) is 21.3 Å². The normalized spacial score (nSPS) is 13.8. The summed E-state index contributed by atoms with van der Waals surface area (Å²) < 4.78 is 31.4. The third-order valence-electron chi connectivity index (χ3n) is 2.16. The molecule has 1 rings (SSSR count). The smallest absolute Gasteiger partial charge is 0.211 e. The van der Waals surface area contributed by atoms with Gasteiger partial charge in [-0.05, 0) is 18.6 Å². The van der Waals surface area contributed by atoms with Gasteiger partial charge in [-0.25, -0.2) is 13.1 Å². The van der Waals surface area contributed by atoms with Crippen LogP contribution < -0.4 is 4.72 Å². The van der Waals surface area contributed by atoms with Crippen LogP contribution >= 0.6 is 22.9 Å².